The normalized spacial score (nSPS) is 12.6. The van der Waals surface area contributed by atoms with Crippen molar-refractivity contribution in [2.75, 3.05) is 33.5 Å². The molecule has 2 N–H and O–H groups in total. The molecule has 0 amide bonds. The van der Waals surface area contributed by atoms with E-state index in [0.29, 0.717) is 25.6 Å². The zero-order valence-corrected chi connectivity index (χ0v) is 18.0. The van der Waals surface area contributed by atoms with Crippen molar-refractivity contribution in [1.82, 2.24) is 10.3 Å². The largest absolute Gasteiger partial charge is 0.486 e. The molecule has 31 heavy (non-hydrogen) atoms. The summed E-state index contributed by atoms with van der Waals surface area (Å²) in [5, 5.41) is 12.2. The van der Waals surface area contributed by atoms with Crippen LogP contribution in [0.25, 0.3) is 22.4 Å². The maximum absolute atomic E-state index is 8.93. The Hall–Kier alpha value is -3.09. The molecule has 0 bridgehead atoms. The van der Waals surface area contributed by atoms with Gasteiger partial charge < -0.3 is 24.6 Å². The third-order valence-electron chi connectivity index (χ3n) is 5.42. The predicted octanol–water partition coefficient (Wildman–Crippen LogP) is 3.98. The number of nitrogens with one attached hydrogen (secondary N) is 1. The zero-order valence-electron chi connectivity index (χ0n) is 18.0. The van der Waals surface area contributed by atoms with Crippen LogP contribution in [0.4, 0.5) is 0 Å². The maximum atomic E-state index is 8.93. The van der Waals surface area contributed by atoms with Crippen LogP contribution < -0.4 is 19.5 Å². The van der Waals surface area contributed by atoms with Crippen LogP contribution in [0, 0.1) is 6.92 Å². The minimum absolute atomic E-state index is 0.181. The number of hydrogen-bond donors (Lipinski definition) is 2. The van der Waals surface area contributed by atoms with Crippen LogP contribution in [0.3, 0.4) is 0 Å². The Morgan fingerprint density at radius 2 is 1.84 bits per heavy atom. The first kappa shape index (κ1) is 21.2. The Morgan fingerprint density at radius 3 is 2.65 bits per heavy atom. The summed E-state index contributed by atoms with van der Waals surface area (Å²) in [7, 11) is 1.64. The Kier molecular flexibility index (Phi) is 6.70. The highest BCUT2D eigenvalue weighted by Gasteiger charge is 2.16. The zero-order chi connectivity index (χ0) is 21.6. The lowest BCUT2D eigenvalue weighted by Crippen LogP contribution is -2.16. The van der Waals surface area contributed by atoms with Crippen LogP contribution in [-0.2, 0) is 6.54 Å². The molecule has 0 fully saturated rings. The van der Waals surface area contributed by atoms with Gasteiger partial charge in [-0.15, -0.1) is 0 Å². The highest BCUT2D eigenvalue weighted by Crippen LogP contribution is 2.37. The molecule has 1 aromatic heterocycles. The Bertz CT molecular complexity index is 1050. The Morgan fingerprint density at radius 1 is 1.03 bits per heavy atom. The van der Waals surface area contributed by atoms with E-state index in [1.165, 1.54) is 0 Å². The van der Waals surface area contributed by atoms with E-state index in [2.05, 4.69) is 30.4 Å². The number of aliphatic hydroxyl groups is 1. The van der Waals surface area contributed by atoms with Gasteiger partial charge in [0.15, 0.2) is 11.5 Å². The summed E-state index contributed by atoms with van der Waals surface area (Å²) in [6, 6.07) is 16.4. The fourth-order valence-electron chi connectivity index (χ4n) is 3.79. The molecule has 4 rings (SSSR count). The fraction of sp³-hybridized carbons (Fsp3) is 0.320. The number of hydrogen-bond acceptors (Lipinski definition) is 6. The van der Waals surface area contributed by atoms with E-state index < -0.39 is 0 Å². The number of nitrogens with zero attached hydrogens (tertiary/aromatic N) is 1. The van der Waals surface area contributed by atoms with Gasteiger partial charge in [0.2, 0.25) is 5.88 Å². The van der Waals surface area contributed by atoms with E-state index in [9.17, 15) is 0 Å². The topological polar surface area (TPSA) is 72.8 Å². The molecule has 1 aliphatic rings. The predicted molar refractivity (Wildman–Crippen MR) is 121 cm³/mol. The van der Waals surface area contributed by atoms with E-state index in [0.717, 1.165) is 58.0 Å². The molecular weight excluding hydrogens is 392 g/mol. The van der Waals surface area contributed by atoms with Gasteiger partial charge in [-0.05, 0) is 54.8 Å². The van der Waals surface area contributed by atoms with Gasteiger partial charge in [0.25, 0.3) is 0 Å². The number of benzene rings is 2. The molecule has 0 radical (unpaired) electrons. The number of aromatic nitrogens is 1. The molecule has 0 saturated carbocycles. The SMILES string of the molecule is COc1nc(-c2cccc(-c3ccc4c(c3)OCCO4)c2C)ccc1CNCCCO. The monoisotopic (exact) mass is 420 g/mol. The molecule has 1 aliphatic heterocycles. The molecular formula is C25H28N2O4. The molecule has 6 heteroatoms. The highest BCUT2D eigenvalue weighted by molar-refractivity contribution is 5.78. The van der Waals surface area contributed by atoms with Crippen LogP contribution in [0.2, 0.25) is 0 Å². The van der Waals surface area contributed by atoms with Gasteiger partial charge in [-0.1, -0.05) is 30.3 Å². The molecule has 0 unspecified atom stereocenters. The van der Waals surface area contributed by atoms with Gasteiger partial charge in [0.1, 0.15) is 13.2 Å². The third-order valence-corrected chi connectivity index (χ3v) is 5.42. The van der Waals surface area contributed by atoms with Gasteiger partial charge in [-0.3, -0.25) is 0 Å². The number of pyridine rings is 1. The second-order valence-electron chi connectivity index (χ2n) is 7.46. The summed E-state index contributed by atoms with van der Waals surface area (Å²) in [4.78, 5) is 4.77. The van der Waals surface area contributed by atoms with Crippen molar-refractivity contribution >= 4 is 0 Å². The van der Waals surface area contributed by atoms with E-state index in [1.54, 1.807) is 7.11 Å². The van der Waals surface area contributed by atoms with E-state index in [-0.39, 0.29) is 6.61 Å². The van der Waals surface area contributed by atoms with Crippen molar-refractivity contribution < 1.29 is 19.3 Å². The lowest BCUT2D eigenvalue weighted by atomic mass is 9.94. The van der Waals surface area contributed by atoms with Crippen molar-refractivity contribution in [3.63, 3.8) is 0 Å². The first-order chi connectivity index (χ1) is 15.2. The minimum Gasteiger partial charge on any atom is -0.486 e. The number of fused-ring (bicyclic) bond motifs is 1. The molecule has 0 saturated heterocycles. The number of ether oxygens (including phenoxy) is 3. The fourth-order valence-corrected chi connectivity index (χ4v) is 3.79. The van der Waals surface area contributed by atoms with Gasteiger partial charge in [-0.2, -0.15) is 0 Å². The first-order valence-electron chi connectivity index (χ1n) is 10.6. The summed E-state index contributed by atoms with van der Waals surface area (Å²) in [6.07, 6.45) is 0.722. The van der Waals surface area contributed by atoms with Crippen LogP contribution >= 0.6 is 0 Å². The number of rotatable bonds is 8. The van der Waals surface area contributed by atoms with Crippen LogP contribution in [-0.4, -0.2) is 43.6 Å². The molecule has 0 atom stereocenters. The van der Waals surface area contributed by atoms with E-state index in [4.69, 9.17) is 24.3 Å². The van der Waals surface area contributed by atoms with Crippen molar-refractivity contribution in [1.29, 1.82) is 0 Å². The van der Waals surface area contributed by atoms with Crippen LogP contribution in [0.15, 0.2) is 48.5 Å². The van der Waals surface area contributed by atoms with Crippen molar-refractivity contribution in [3.8, 4) is 39.8 Å². The lowest BCUT2D eigenvalue weighted by Gasteiger charge is -2.20. The average Bonchev–Trinajstić information content (AvgIpc) is 2.82. The Labute approximate surface area is 182 Å². The summed E-state index contributed by atoms with van der Waals surface area (Å²) >= 11 is 0. The molecule has 162 valence electrons. The van der Waals surface area contributed by atoms with Crippen molar-refractivity contribution in [2.24, 2.45) is 0 Å². The number of aliphatic hydroxyl groups excluding tert-OH is 1. The molecule has 6 nitrogen and oxygen atoms in total. The highest BCUT2D eigenvalue weighted by atomic mass is 16.6. The smallest absolute Gasteiger partial charge is 0.218 e. The molecule has 2 heterocycles. The molecule has 0 aliphatic carbocycles. The maximum Gasteiger partial charge on any atom is 0.218 e. The summed E-state index contributed by atoms with van der Waals surface area (Å²) in [5.74, 6) is 2.18. The second-order valence-corrected chi connectivity index (χ2v) is 7.46. The quantitative estimate of drug-likeness (QED) is 0.537. The standard InChI is InChI=1S/C25H28N2O4/c1-17-20(18-8-10-23-24(15-18)31-14-13-30-23)5-3-6-21(17)22-9-7-19(25(27-22)29-2)16-26-11-4-12-28/h3,5-10,15,26,28H,4,11-14,16H2,1-2H3. The average molecular weight is 421 g/mol. The molecule has 3 aromatic rings. The summed E-state index contributed by atoms with van der Waals surface area (Å²) < 4.78 is 17.0. The van der Waals surface area contributed by atoms with Gasteiger partial charge in [0.05, 0.1) is 12.8 Å². The van der Waals surface area contributed by atoms with Crippen LogP contribution in [0.5, 0.6) is 17.4 Å². The van der Waals surface area contributed by atoms with Crippen LogP contribution in [0.1, 0.15) is 17.5 Å². The first-order valence-corrected chi connectivity index (χ1v) is 10.6. The summed E-state index contributed by atoms with van der Waals surface area (Å²) in [6.45, 7) is 4.84. The van der Waals surface area contributed by atoms with Crippen molar-refractivity contribution in [2.45, 2.75) is 19.9 Å². The third kappa shape index (κ3) is 4.65. The lowest BCUT2D eigenvalue weighted by molar-refractivity contribution is 0.171. The van der Waals surface area contributed by atoms with E-state index in [1.807, 2.05) is 30.3 Å². The van der Waals surface area contributed by atoms with Gasteiger partial charge in [0, 0.05) is 24.3 Å². The molecule has 2 aromatic carbocycles. The number of methoxy groups -OCH3 is 1. The van der Waals surface area contributed by atoms with E-state index >= 15 is 0 Å². The van der Waals surface area contributed by atoms with Gasteiger partial charge in [-0.25, -0.2) is 4.98 Å². The van der Waals surface area contributed by atoms with Crippen molar-refractivity contribution in [3.05, 3.63) is 59.7 Å². The summed E-state index contributed by atoms with van der Waals surface area (Å²) in [5.41, 5.74) is 6.27. The van der Waals surface area contributed by atoms with Gasteiger partial charge >= 0.3 is 0 Å². The minimum atomic E-state index is 0.181. The Balaban J connectivity index is 1.63. The molecule has 0 spiro atoms. The second kappa shape index (κ2) is 9.81.